The van der Waals surface area contributed by atoms with Gasteiger partial charge in [0.2, 0.25) is 5.89 Å². The van der Waals surface area contributed by atoms with Crippen molar-refractivity contribution in [2.24, 2.45) is 17.3 Å². The molecule has 0 saturated heterocycles. The van der Waals surface area contributed by atoms with Gasteiger partial charge in [-0.3, -0.25) is 14.8 Å². The van der Waals surface area contributed by atoms with E-state index < -0.39 is 0 Å². The Kier molecular flexibility index (Phi) is 4.26. The van der Waals surface area contributed by atoms with Crippen LogP contribution < -0.4 is 0 Å². The molecular weight excluding hydrogens is 444 g/mol. The van der Waals surface area contributed by atoms with Crippen molar-refractivity contribution in [1.29, 1.82) is 0 Å². The Morgan fingerprint density at radius 2 is 1.97 bits per heavy atom. The van der Waals surface area contributed by atoms with Crippen LogP contribution in [0.4, 0.5) is 5.69 Å². The SMILES string of the molecule is Cc1ccc2nc(-c3nnc(CC45CC6CC(C4)CC(n4cc([N+](=O)[O-])cn4)(C6)C5)o3)ccc2c1. The van der Waals surface area contributed by atoms with Crippen LogP contribution in [0, 0.1) is 34.3 Å². The second-order valence-corrected chi connectivity index (χ2v) is 11.2. The third-order valence-electron chi connectivity index (χ3n) is 8.47. The number of aryl methyl sites for hydroxylation is 1. The molecular formula is C26H26N6O3. The Morgan fingerprint density at radius 1 is 1.14 bits per heavy atom. The van der Waals surface area contributed by atoms with Crippen molar-refractivity contribution in [3.63, 3.8) is 0 Å². The molecule has 1 aromatic carbocycles. The van der Waals surface area contributed by atoms with Crippen molar-refractivity contribution in [3.05, 3.63) is 64.3 Å². The van der Waals surface area contributed by atoms with E-state index in [2.05, 4.69) is 34.4 Å². The van der Waals surface area contributed by atoms with Crippen molar-refractivity contribution in [2.75, 3.05) is 0 Å². The molecule has 9 heteroatoms. The number of fused-ring (bicyclic) bond motifs is 1. The minimum Gasteiger partial charge on any atom is -0.419 e. The number of benzene rings is 1. The molecule has 2 atom stereocenters. The summed E-state index contributed by atoms with van der Waals surface area (Å²) in [6.07, 6.45) is 10.3. The van der Waals surface area contributed by atoms with Crippen molar-refractivity contribution < 1.29 is 9.34 Å². The highest BCUT2D eigenvalue weighted by Crippen LogP contribution is 2.65. The zero-order chi connectivity index (χ0) is 23.8. The van der Waals surface area contributed by atoms with Crippen LogP contribution in [0.2, 0.25) is 0 Å². The zero-order valence-corrected chi connectivity index (χ0v) is 19.6. The van der Waals surface area contributed by atoms with E-state index >= 15 is 0 Å². The quantitative estimate of drug-likeness (QED) is 0.290. The molecule has 2 unspecified atom stereocenters. The van der Waals surface area contributed by atoms with Gasteiger partial charge in [-0.25, -0.2) is 4.98 Å². The number of pyridine rings is 1. The fourth-order valence-corrected chi connectivity index (χ4v) is 7.66. The predicted octanol–water partition coefficient (Wildman–Crippen LogP) is 5.24. The van der Waals surface area contributed by atoms with Crippen LogP contribution in [0.5, 0.6) is 0 Å². The first-order chi connectivity index (χ1) is 16.9. The van der Waals surface area contributed by atoms with Crippen molar-refractivity contribution in [3.8, 4) is 11.6 Å². The third-order valence-corrected chi connectivity index (χ3v) is 8.47. The van der Waals surface area contributed by atoms with Gasteiger partial charge in [-0.1, -0.05) is 17.7 Å². The maximum atomic E-state index is 11.3. The fraction of sp³-hybridized carbons (Fsp3) is 0.462. The van der Waals surface area contributed by atoms with Gasteiger partial charge in [-0.2, -0.15) is 5.10 Å². The topological polar surface area (TPSA) is 113 Å². The van der Waals surface area contributed by atoms with E-state index in [0.717, 1.165) is 49.4 Å². The monoisotopic (exact) mass is 470 g/mol. The number of rotatable bonds is 5. The summed E-state index contributed by atoms with van der Waals surface area (Å²) in [4.78, 5) is 15.6. The lowest BCUT2D eigenvalue weighted by atomic mass is 9.46. The van der Waals surface area contributed by atoms with Gasteiger partial charge in [0.05, 0.1) is 16.0 Å². The van der Waals surface area contributed by atoms with Gasteiger partial charge in [-0.15, -0.1) is 10.2 Å². The van der Waals surface area contributed by atoms with Crippen LogP contribution in [-0.2, 0) is 12.0 Å². The molecule has 4 saturated carbocycles. The first kappa shape index (κ1) is 20.7. The van der Waals surface area contributed by atoms with E-state index in [1.807, 2.05) is 22.9 Å². The highest BCUT2D eigenvalue weighted by atomic mass is 16.6. The van der Waals surface area contributed by atoms with E-state index in [-0.39, 0.29) is 21.6 Å². The Hall–Kier alpha value is -3.62. The third kappa shape index (κ3) is 3.36. The number of nitro groups is 1. The summed E-state index contributed by atoms with van der Waals surface area (Å²) in [6, 6.07) is 10.2. The molecule has 0 radical (unpaired) electrons. The van der Waals surface area contributed by atoms with E-state index in [9.17, 15) is 10.1 Å². The molecule has 0 amide bonds. The average molecular weight is 471 g/mol. The lowest BCUT2D eigenvalue weighted by Crippen LogP contribution is -2.57. The van der Waals surface area contributed by atoms with E-state index in [1.165, 1.54) is 18.2 Å². The molecule has 4 aliphatic rings. The minimum atomic E-state index is -0.359. The smallest absolute Gasteiger partial charge is 0.307 e. The van der Waals surface area contributed by atoms with Crippen LogP contribution in [-0.4, -0.2) is 29.9 Å². The second kappa shape index (κ2) is 7.19. The summed E-state index contributed by atoms with van der Waals surface area (Å²) in [7, 11) is 0. The van der Waals surface area contributed by atoms with E-state index in [4.69, 9.17) is 9.40 Å². The van der Waals surface area contributed by atoms with Crippen molar-refractivity contribution in [1.82, 2.24) is 25.0 Å². The van der Waals surface area contributed by atoms with Crippen LogP contribution in [0.1, 0.15) is 50.0 Å². The molecule has 4 aromatic rings. The average Bonchev–Trinajstić information content (AvgIpc) is 3.48. The van der Waals surface area contributed by atoms with Gasteiger partial charge in [0, 0.05) is 11.8 Å². The number of aromatic nitrogens is 5. The predicted molar refractivity (Wildman–Crippen MR) is 127 cm³/mol. The van der Waals surface area contributed by atoms with Crippen LogP contribution in [0.3, 0.4) is 0 Å². The highest BCUT2D eigenvalue weighted by Gasteiger charge is 2.59. The number of nitrogens with zero attached hydrogens (tertiary/aromatic N) is 6. The molecule has 0 N–H and O–H groups in total. The largest absolute Gasteiger partial charge is 0.419 e. The summed E-state index contributed by atoms with van der Waals surface area (Å²) in [6.45, 7) is 2.07. The van der Waals surface area contributed by atoms with Crippen LogP contribution in [0.15, 0.2) is 47.1 Å². The lowest BCUT2D eigenvalue weighted by Gasteiger charge is -2.61. The van der Waals surface area contributed by atoms with Gasteiger partial charge in [0.25, 0.3) is 5.89 Å². The summed E-state index contributed by atoms with van der Waals surface area (Å²) in [5.41, 5.74) is 2.76. The standard InChI is InChI=1S/C26H26N6O3/c1-16-2-4-21-19(6-16)3-5-22(28-21)24-30-29-23(35-24)12-25-8-17-7-18(9-25)11-26(10-17,15-25)31-14-20(13-27-31)32(33)34/h2-6,13-14,17-18H,7-12,15H2,1H3. The van der Waals surface area contributed by atoms with Crippen molar-refractivity contribution >= 4 is 16.6 Å². The summed E-state index contributed by atoms with van der Waals surface area (Å²) in [5.74, 6) is 2.30. The Bertz CT molecular complexity index is 1460. The molecule has 8 rings (SSSR count). The Labute approximate surface area is 201 Å². The maximum Gasteiger partial charge on any atom is 0.307 e. The molecule has 35 heavy (non-hydrogen) atoms. The first-order valence-electron chi connectivity index (χ1n) is 12.3. The van der Waals surface area contributed by atoms with Crippen molar-refractivity contribution in [2.45, 2.75) is 57.4 Å². The van der Waals surface area contributed by atoms with Gasteiger partial charge in [0.1, 0.15) is 18.1 Å². The first-order valence-corrected chi connectivity index (χ1v) is 12.3. The number of hydrogen-bond donors (Lipinski definition) is 0. The molecule has 9 nitrogen and oxygen atoms in total. The van der Waals surface area contributed by atoms with Crippen LogP contribution >= 0.6 is 0 Å². The number of hydrogen-bond acceptors (Lipinski definition) is 7. The minimum absolute atomic E-state index is 0.0585. The molecule has 4 fully saturated rings. The lowest BCUT2D eigenvalue weighted by molar-refractivity contribution is -0.385. The van der Waals surface area contributed by atoms with Gasteiger partial charge in [-0.05, 0) is 80.9 Å². The molecule has 0 aliphatic heterocycles. The highest BCUT2D eigenvalue weighted by molar-refractivity contribution is 5.81. The van der Waals surface area contributed by atoms with E-state index in [1.54, 1.807) is 6.20 Å². The molecule has 178 valence electrons. The Balaban J connectivity index is 1.18. The maximum absolute atomic E-state index is 11.3. The molecule has 3 heterocycles. The molecule has 4 aliphatic carbocycles. The van der Waals surface area contributed by atoms with E-state index in [0.29, 0.717) is 29.3 Å². The van der Waals surface area contributed by atoms with Gasteiger partial charge >= 0.3 is 5.69 Å². The second-order valence-electron chi connectivity index (χ2n) is 11.2. The summed E-state index contributed by atoms with van der Waals surface area (Å²) < 4.78 is 8.06. The zero-order valence-electron chi connectivity index (χ0n) is 19.6. The van der Waals surface area contributed by atoms with Crippen LogP contribution in [0.25, 0.3) is 22.5 Å². The fourth-order valence-electron chi connectivity index (χ4n) is 7.66. The van der Waals surface area contributed by atoms with Gasteiger partial charge < -0.3 is 4.42 Å². The van der Waals surface area contributed by atoms with Gasteiger partial charge in [0.15, 0.2) is 0 Å². The summed E-state index contributed by atoms with van der Waals surface area (Å²) in [5, 5.41) is 25.6. The normalized spacial score (nSPS) is 29.2. The molecule has 4 bridgehead atoms. The summed E-state index contributed by atoms with van der Waals surface area (Å²) >= 11 is 0. The molecule has 0 spiro atoms. The Morgan fingerprint density at radius 3 is 2.74 bits per heavy atom. The molecule has 3 aromatic heterocycles.